The van der Waals surface area contributed by atoms with Gasteiger partial charge in [-0.2, -0.15) is 0 Å². The van der Waals surface area contributed by atoms with E-state index in [2.05, 4.69) is 15.9 Å². The zero-order valence-corrected chi connectivity index (χ0v) is 21.4. The zero-order valence-electron chi connectivity index (χ0n) is 18.9. The second kappa shape index (κ2) is 11.8. The second-order valence-electron chi connectivity index (χ2n) is 7.09. The molecule has 0 aliphatic carbocycles. The minimum atomic E-state index is -2.73. The normalized spacial score (nSPS) is 12.9. The quantitative estimate of drug-likeness (QED) is 0.0942. The van der Waals surface area contributed by atoms with E-state index >= 15 is 0 Å². The number of esters is 1. The van der Waals surface area contributed by atoms with E-state index in [1.54, 1.807) is 20.8 Å². The number of methoxy groups -OCH3 is 1. The molecule has 0 aromatic heterocycles. The maximum atomic E-state index is 12.2. The van der Waals surface area contributed by atoms with Gasteiger partial charge in [0.25, 0.3) is 5.69 Å². The van der Waals surface area contributed by atoms with E-state index in [0.717, 1.165) is 0 Å². The molecule has 1 unspecified atom stereocenters. The van der Waals surface area contributed by atoms with Gasteiger partial charge in [0.1, 0.15) is 10.4 Å². The van der Waals surface area contributed by atoms with Crippen molar-refractivity contribution in [1.82, 2.24) is 0 Å². The van der Waals surface area contributed by atoms with Crippen molar-refractivity contribution in [3.63, 3.8) is 0 Å². The fourth-order valence-electron chi connectivity index (χ4n) is 2.71. The number of carbonyl (C=O) groups is 1. The van der Waals surface area contributed by atoms with Crippen molar-refractivity contribution in [2.24, 2.45) is 0 Å². The molecule has 1 atom stereocenters. The van der Waals surface area contributed by atoms with Crippen LogP contribution in [0.4, 0.5) is 5.69 Å². The fraction of sp³-hybridized carbons (Fsp3) is 0.632. The topological polar surface area (TPSA) is 116 Å². The van der Waals surface area contributed by atoms with Gasteiger partial charge < -0.3 is 27.5 Å². The Morgan fingerprint density at radius 3 is 2.19 bits per heavy atom. The molecule has 10 nitrogen and oxygen atoms in total. The number of alkyl halides is 1. The van der Waals surface area contributed by atoms with Gasteiger partial charge in [-0.25, -0.2) is 0 Å². The van der Waals surface area contributed by atoms with Gasteiger partial charge in [-0.1, -0.05) is 15.9 Å². The van der Waals surface area contributed by atoms with Crippen LogP contribution in [0.3, 0.4) is 0 Å². The van der Waals surface area contributed by atoms with E-state index < -0.39 is 30.1 Å². The molecule has 12 heteroatoms. The van der Waals surface area contributed by atoms with Gasteiger partial charge in [-0.3, -0.25) is 14.9 Å². The van der Waals surface area contributed by atoms with Crippen LogP contribution < -0.4 is 9.47 Å². The summed E-state index contributed by atoms with van der Waals surface area (Å²) in [4.78, 5) is 23.3. The van der Waals surface area contributed by atoms with E-state index in [1.807, 2.05) is 0 Å². The van der Waals surface area contributed by atoms with Crippen molar-refractivity contribution in [1.29, 1.82) is 0 Å². The Kier molecular flexibility index (Phi) is 10.4. The Morgan fingerprint density at radius 2 is 1.74 bits per heavy atom. The van der Waals surface area contributed by atoms with Crippen molar-refractivity contribution in [2.45, 2.75) is 43.7 Å². The summed E-state index contributed by atoms with van der Waals surface area (Å²) in [6, 6.07) is 3.23. The summed E-state index contributed by atoms with van der Waals surface area (Å²) in [5.41, 5.74) is -0.0400. The highest BCUT2D eigenvalue weighted by Gasteiger charge is 2.37. The molecule has 0 saturated carbocycles. The molecule has 1 rings (SSSR count). The highest BCUT2D eigenvalue weighted by Crippen LogP contribution is 2.39. The highest BCUT2D eigenvalue weighted by atomic mass is 79.9. The Bertz CT molecular complexity index is 757. The van der Waals surface area contributed by atoms with E-state index in [4.69, 9.17) is 27.5 Å². The molecule has 0 N–H and O–H groups in total. The van der Waals surface area contributed by atoms with E-state index in [0.29, 0.717) is 12.5 Å². The van der Waals surface area contributed by atoms with Gasteiger partial charge in [0.05, 0.1) is 30.3 Å². The average Bonchev–Trinajstić information content (AvgIpc) is 2.73. The lowest BCUT2D eigenvalue weighted by Crippen LogP contribution is -2.42. The van der Waals surface area contributed by atoms with Gasteiger partial charge in [-0.05, 0) is 33.3 Å². The summed E-state index contributed by atoms with van der Waals surface area (Å²) in [6.07, 6.45) is -0.334. The van der Waals surface area contributed by atoms with Crippen LogP contribution in [-0.4, -0.2) is 59.1 Å². The molecule has 0 heterocycles. The van der Waals surface area contributed by atoms with E-state index in [9.17, 15) is 14.9 Å². The number of ether oxygens (including phenoxy) is 3. The lowest BCUT2D eigenvalue weighted by molar-refractivity contribution is -0.386. The Morgan fingerprint density at radius 1 is 1.16 bits per heavy atom. The van der Waals surface area contributed by atoms with Gasteiger partial charge in [0.15, 0.2) is 11.5 Å². The van der Waals surface area contributed by atoms with Crippen molar-refractivity contribution in [2.75, 3.05) is 35.0 Å². The molecule has 0 radical (unpaired) electrons. The lowest BCUT2D eigenvalue weighted by Gasteiger charge is -2.24. The monoisotopic (exact) mass is 523 g/mol. The molecule has 0 aliphatic rings. The summed E-state index contributed by atoms with van der Waals surface area (Å²) in [7, 11) is 3.26. The molecule has 0 bridgehead atoms. The van der Waals surface area contributed by atoms with Crippen molar-refractivity contribution >= 4 is 36.4 Å². The number of nitro groups is 1. The maximum absolute atomic E-state index is 12.2. The number of rotatable bonds is 13. The summed E-state index contributed by atoms with van der Waals surface area (Å²) in [5, 5.41) is 11.7. The molecular weight excluding hydrogens is 494 g/mol. The molecule has 176 valence electrons. The van der Waals surface area contributed by atoms with E-state index in [1.165, 1.54) is 40.6 Å². The Labute approximate surface area is 191 Å². The maximum Gasteiger partial charge on any atom is 0.500 e. The smallest absolute Gasteiger partial charge is 0.493 e. The highest BCUT2D eigenvalue weighted by molar-refractivity contribution is 9.10. The summed E-state index contributed by atoms with van der Waals surface area (Å²) in [5.74, 6) is -0.0529. The van der Waals surface area contributed by atoms with Crippen molar-refractivity contribution in [3.8, 4) is 11.5 Å². The fourth-order valence-corrected chi connectivity index (χ4v) is 4.50. The predicted molar refractivity (Wildman–Crippen MR) is 119 cm³/mol. The predicted octanol–water partition coefficient (Wildman–Crippen LogP) is 4.03. The molecule has 0 saturated heterocycles. The zero-order chi connectivity index (χ0) is 23.8. The first kappa shape index (κ1) is 27.3. The summed E-state index contributed by atoms with van der Waals surface area (Å²) in [6.45, 7) is 5.05. The van der Waals surface area contributed by atoms with Crippen molar-refractivity contribution in [3.05, 3.63) is 27.8 Å². The number of benzene rings is 1. The Balaban J connectivity index is 3.05. The standard InChI is InChI=1S/C19H30BrNO9Si/c1-13(30-18(22)19(2,3)20)14-11-16(25-4)17(12-15(14)21(23)24)29-9-8-10-31(26-5,27-6)28-7/h11-13H,8-10H2,1-7H3. The SMILES string of the molecule is COc1cc(C(C)OC(=O)C(C)(C)Br)c([N+](=O)[O-])cc1OCCC[Si](OC)(OC)OC. The second-order valence-corrected chi connectivity index (χ2v) is 12.2. The van der Waals surface area contributed by atoms with Crippen LogP contribution in [-0.2, 0) is 22.8 Å². The van der Waals surface area contributed by atoms with Gasteiger partial charge >= 0.3 is 14.8 Å². The third kappa shape index (κ3) is 7.42. The van der Waals surface area contributed by atoms with Gasteiger partial charge in [0, 0.05) is 27.4 Å². The molecule has 0 fully saturated rings. The summed E-state index contributed by atoms with van der Waals surface area (Å²) < 4.78 is 31.6. The van der Waals surface area contributed by atoms with Crippen LogP contribution >= 0.6 is 15.9 Å². The third-order valence-electron chi connectivity index (χ3n) is 4.53. The van der Waals surface area contributed by atoms with Gasteiger partial charge in [0.2, 0.25) is 0 Å². The number of nitro benzene ring substituents is 1. The number of halogens is 1. The van der Waals surface area contributed by atoms with Crippen LogP contribution in [0.1, 0.15) is 38.9 Å². The molecule has 1 aromatic carbocycles. The molecule has 31 heavy (non-hydrogen) atoms. The molecule has 0 spiro atoms. The minimum absolute atomic E-state index is 0.198. The number of hydrogen-bond acceptors (Lipinski definition) is 9. The molecular formula is C19H30BrNO9Si. The first-order valence-electron chi connectivity index (χ1n) is 9.49. The van der Waals surface area contributed by atoms with Crippen LogP contribution in [0.15, 0.2) is 12.1 Å². The minimum Gasteiger partial charge on any atom is -0.493 e. The van der Waals surface area contributed by atoms with Gasteiger partial charge in [-0.15, -0.1) is 0 Å². The molecule has 1 aromatic rings. The first-order valence-corrected chi connectivity index (χ1v) is 12.2. The average molecular weight is 524 g/mol. The van der Waals surface area contributed by atoms with Crippen LogP contribution in [0.5, 0.6) is 11.5 Å². The van der Waals surface area contributed by atoms with E-state index in [-0.39, 0.29) is 29.4 Å². The van der Waals surface area contributed by atoms with Crippen LogP contribution in [0.25, 0.3) is 0 Å². The van der Waals surface area contributed by atoms with Crippen molar-refractivity contribution < 1.29 is 37.2 Å². The number of carbonyl (C=O) groups excluding carboxylic acids is 1. The Hall–Kier alpha value is -1.73. The largest absolute Gasteiger partial charge is 0.500 e. The third-order valence-corrected chi connectivity index (χ3v) is 7.69. The first-order chi connectivity index (χ1) is 14.4. The molecule has 0 aliphatic heterocycles. The van der Waals surface area contributed by atoms with Crippen LogP contribution in [0.2, 0.25) is 6.04 Å². The lowest BCUT2D eigenvalue weighted by atomic mass is 10.1. The van der Waals surface area contributed by atoms with Crippen LogP contribution in [0, 0.1) is 10.1 Å². The number of hydrogen-bond donors (Lipinski definition) is 0. The number of nitrogens with zero attached hydrogens (tertiary/aromatic N) is 1. The summed E-state index contributed by atoms with van der Waals surface area (Å²) >= 11 is 3.22. The molecule has 0 amide bonds.